The Balaban J connectivity index is 1.78. The molecule has 7 heteroatoms. The van der Waals surface area contributed by atoms with Crippen molar-refractivity contribution >= 4 is 23.2 Å². The number of phenols is 1. The maximum Gasteiger partial charge on any atom is 0.242 e. The minimum Gasteiger partial charge on any atom is -0.508 e. The Morgan fingerprint density at radius 3 is 2.50 bits per heavy atom. The molecule has 0 saturated heterocycles. The number of carbonyl (C=O) groups is 2. The average molecular weight is 404 g/mol. The molecule has 152 valence electrons. The quantitative estimate of drug-likeness (QED) is 0.482. The molecule has 0 radical (unpaired) electrons. The molecule has 1 aromatic carbocycles. The van der Waals surface area contributed by atoms with Crippen LogP contribution in [0.5, 0.6) is 5.75 Å². The van der Waals surface area contributed by atoms with Gasteiger partial charge in [-0.1, -0.05) is 6.07 Å². The minimum absolute atomic E-state index is 0.196. The summed E-state index contributed by atoms with van der Waals surface area (Å²) >= 11 is 1.71. The monoisotopic (exact) mass is 403 g/mol. The zero-order valence-electron chi connectivity index (χ0n) is 16.6. The molecule has 2 amide bonds. The molecule has 1 heterocycles. The first kappa shape index (κ1) is 21.9. The number of hydrogen-bond donors (Lipinski definition) is 4. The van der Waals surface area contributed by atoms with Gasteiger partial charge in [0.25, 0.3) is 0 Å². The lowest BCUT2D eigenvalue weighted by Crippen LogP contribution is -2.51. The van der Waals surface area contributed by atoms with Crippen LogP contribution >= 0.6 is 11.3 Å². The van der Waals surface area contributed by atoms with Crippen molar-refractivity contribution in [2.75, 3.05) is 6.54 Å². The maximum absolute atomic E-state index is 12.4. The van der Waals surface area contributed by atoms with Gasteiger partial charge in [-0.2, -0.15) is 0 Å². The first-order valence-corrected chi connectivity index (χ1v) is 10.3. The highest BCUT2D eigenvalue weighted by Gasteiger charge is 2.21. The Morgan fingerprint density at radius 2 is 1.89 bits per heavy atom. The summed E-state index contributed by atoms with van der Waals surface area (Å²) in [7, 11) is 0. The van der Waals surface area contributed by atoms with E-state index < -0.39 is 12.1 Å². The fraction of sp³-hybridized carbons (Fsp3) is 0.429. The van der Waals surface area contributed by atoms with Gasteiger partial charge in [0.2, 0.25) is 11.8 Å². The SMILES string of the molecule is Cc1cc(O)cc(C)c1C[C@H](N)C(=O)N[C@H](C)C(=O)NCCCc1cccs1. The van der Waals surface area contributed by atoms with Crippen LogP contribution in [0.1, 0.15) is 34.9 Å². The van der Waals surface area contributed by atoms with Crippen molar-refractivity contribution in [1.29, 1.82) is 0 Å². The van der Waals surface area contributed by atoms with Gasteiger partial charge in [0.05, 0.1) is 6.04 Å². The number of aryl methyl sites for hydroxylation is 3. The largest absolute Gasteiger partial charge is 0.508 e. The summed E-state index contributed by atoms with van der Waals surface area (Å²) in [5.41, 5.74) is 8.75. The number of nitrogens with one attached hydrogen (secondary N) is 2. The van der Waals surface area contributed by atoms with Gasteiger partial charge in [-0.25, -0.2) is 0 Å². The molecule has 0 fully saturated rings. The third-order valence-corrected chi connectivity index (χ3v) is 5.61. The third-order valence-electron chi connectivity index (χ3n) is 4.67. The number of rotatable bonds is 9. The van der Waals surface area contributed by atoms with E-state index in [0.29, 0.717) is 13.0 Å². The van der Waals surface area contributed by atoms with E-state index in [2.05, 4.69) is 16.7 Å². The van der Waals surface area contributed by atoms with Crippen LogP contribution in [0.2, 0.25) is 0 Å². The van der Waals surface area contributed by atoms with Gasteiger partial charge in [-0.15, -0.1) is 11.3 Å². The van der Waals surface area contributed by atoms with E-state index in [4.69, 9.17) is 5.73 Å². The topological polar surface area (TPSA) is 104 Å². The number of thiophene rings is 1. The van der Waals surface area contributed by atoms with Crippen LogP contribution in [0.3, 0.4) is 0 Å². The van der Waals surface area contributed by atoms with Gasteiger partial charge in [-0.3, -0.25) is 9.59 Å². The molecular formula is C21H29N3O3S. The van der Waals surface area contributed by atoms with Crippen molar-refractivity contribution in [2.45, 2.75) is 52.1 Å². The van der Waals surface area contributed by atoms with Gasteiger partial charge in [0.15, 0.2) is 0 Å². The normalized spacial score (nSPS) is 13.0. The molecule has 5 N–H and O–H groups in total. The van der Waals surface area contributed by atoms with E-state index >= 15 is 0 Å². The predicted octanol–water partition coefficient (Wildman–Crippen LogP) is 2.19. The summed E-state index contributed by atoms with van der Waals surface area (Å²) in [4.78, 5) is 25.8. The molecule has 2 rings (SSSR count). The minimum atomic E-state index is -0.768. The molecule has 0 spiro atoms. The second-order valence-electron chi connectivity index (χ2n) is 7.07. The van der Waals surface area contributed by atoms with Gasteiger partial charge >= 0.3 is 0 Å². The molecule has 0 unspecified atom stereocenters. The molecule has 6 nitrogen and oxygen atoms in total. The number of hydrogen-bond acceptors (Lipinski definition) is 5. The molecule has 2 aromatic rings. The lowest BCUT2D eigenvalue weighted by molar-refractivity contribution is -0.129. The predicted molar refractivity (Wildman–Crippen MR) is 113 cm³/mol. The lowest BCUT2D eigenvalue weighted by Gasteiger charge is -2.19. The second kappa shape index (κ2) is 10.2. The van der Waals surface area contributed by atoms with Gasteiger partial charge < -0.3 is 21.5 Å². The van der Waals surface area contributed by atoms with Crippen molar-refractivity contribution < 1.29 is 14.7 Å². The van der Waals surface area contributed by atoms with Crippen LogP contribution < -0.4 is 16.4 Å². The van der Waals surface area contributed by atoms with Crippen molar-refractivity contribution in [3.8, 4) is 5.75 Å². The number of phenolic OH excluding ortho intramolecular Hbond substituents is 1. The maximum atomic E-state index is 12.4. The highest BCUT2D eigenvalue weighted by atomic mass is 32.1. The van der Waals surface area contributed by atoms with Crippen molar-refractivity contribution in [3.05, 3.63) is 51.2 Å². The van der Waals surface area contributed by atoms with Gasteiger partial charge in [-0.05, 0) is 80.3 Å². The van der Waals surface area contributed by atoms with E-state index in [1.807, 2.05) is 25.3 Å². The molecule has 0 aliphatic rings. The van der Waals surface area contributed by atoms with E-state index in [1.54, 1.807) is 30.4 Å². The smallest absolute Gasteiger partial charge is 0.242 e. The highest BCUT2D eigenvalue weighted by Crippen LogP contribution is 2.21. The van der Waals surface area contributed by atoms with Crippen LogP contribution in [0.4, 0.5) is 0 Å². The first-order valence-electron chi connectivity index (χ1n) is 9.43. The molecule has 1 aromatic heterocycles. The van der Waals surface area contributed by atoms with Crippen molar-refractivity contribution in [2.24, 2.45) is 5.73 Å². The fourth-order valence-corrected chi connectivity index (χ4v) is 3.82. The van der Waals surface area contributed by atoms with Crippen LogP contribution in [-0.2, 0) is 22.4 Å². The molecule has 2 atom stereocenters. The first-order chi connectivity index (χ1) is 13.3. The number of carbonyl (C=O) groups excluding carboxylic acids is 2. The molecular weight excluding hydrogens is 374 g/mol. The van der Waals surface area contributed by atoms with Crippen molar-refractivity contribution in [1.82, 2.24) is 10.6 Å². The number of amides is 2. The molecule has 0 aliphatic carbocycles. The summed E-state index contributed by atoms with van der Waals surface area (Å²) < 4.78 is 0. The van der Waals surface area contributed by atoms with Gasteiger partial charge in [0, 0.05) is 11.4 Å². The highest BCUT2D eigenvalue weighted by molar-refractivity contribution is 7.09. The molecule has 0 bridgehead atoms. The van der Waals surface area contributed by atoms with E-state index in [9.17, 15) is 14.7 Å². The lowest BCUT2D eigenvalue weighted by atomic mass is 9.96. The summed E-state index contributed by atoms with van der Waals surface area (Å²) in [6, 6.07) is 5.98. The van der Waals surface area contributed by atoms with E-state index in [0.717, 1.165) is 29.5 Å². The Kier molecular flexibility index (Phi) is 8.02. The summed E-state index contributed by atoms with van der Waals surface area (Å²) in [5, 5.41) is 17.2. The Hall–Kier alpha value is -2.38. The summed E-state index contributed by atoms with van der Waals surface area (Å²) in [5.74, 6) is -0.391. The number of aromatic hydroxyl groups is 1. The third kappa shape index (κ3) is 6.35. The summed E-state index contributed by atoms with van der Waals surface area (Å²) in [6.07, 6.45) is 2.12. The standard InChI is InChI=1S/C21H29N3O3S/c1-13-10-16(25)11-14(2)18(13)12-19(22)21(27)24-15(3)20(26)23-8-4-6-17-7-5-9-28-17/h5,7,9-11,15,19,25H,4,6,8,12,22H2,1-3H3,(H,23,26)(H,24,27)/t15-,19+/m1/s1. The zero-order valence-corrected chi connectivity index (χ0v) is 17.4. The van der Waals surface area contributed by atoms with Crippen LogP contribution in [-0.4, -0.2) is 35.5 Å². The molecule has 0 aliphatic heterocycles. The molecule has 28 heavy (non-hydrogen) atoms. The van der Waals surface area contributed by atoms with Crippen LogP contribution in [0.25, 0.3) is 0 Å². The van der Waals surface area contributed by atoms with Crippen LogP contribution in [0, 0.1) is 13.8 Å². The molecule has 0 saturated carbocycles. The van der Waals surface area contributed by atoms with Crippen molar-refractivity contribution in [3.63, 3.8) is 0 Å². The Morgan fingerprint density at radius 1 is 1.21 bits per heavy atom. The fourth-order valence-electron chi connectivity index (χ4n) is 3.07. The Bertz CT molecular complexity index is 782. The zero-order chi connectivity index (χ0) is 20.7. The number of benzene rings is 1. The summed E-state index contributed by atoms with van der Waals surface area (Å²) in [6.45, 7) is 5.96. The number of nitrogens with two attached hydrogens (primary N) is 1. The van der Waals surface area contributed by atoms with E-state index in [-0.39, 0.29) is 17.6 Å². The average Bonchev–Trinajstić information content (AvgIpc) is 3.14. The van der Waals surface area contributed by atoms with Gasteiger partial charge in [0.1, 0.15) is 11.8 Å². The Labute approximate surface area is 170 Å². The van der Waals surface area contributed by atoms with E-state index in [1.165, 1.54) is 4.88 Å². The second-order valence-corrected chi connectivity index (χ2v) is 8.11. The van der Waals surface area contributed by atoms with Crippen LogP contribution in [0.15, 0.2) is 29.6 Å².